The summed E-state index contributed by atoms with van der Waals surface area (Å²) in [7, 11) is 0. The van der Waals surface area contributed by atoms with Crippen molar-refractivity contribution in [2.45, 2.75) is 19.3 Å². The van der Waals surface area contributed by atoms with Crippen molar-refractivity contribution in [2.24, 2.45) is 0 Å². The van der Waals surface area contributed by atoms with Crippen molar-refractivity contribution in [3.05, 3.63) is 30.1 Å². The minimum absolute atomic E-state index is 0.0460. The van der Waals surface area contributed by atoms with Crippen LogP contribution in [0.25, 0.3) is 0 Å². The Labute approximate surface area is 95.7 Å². The van der Waals surface area contributed by atoms with Gasteiger partial charge in [0.25, 0.3) is 0 Å². The molecule has 1 N–H and O–H groups in total. The Kier molecular flexibility index (Phi) is 4.15. The molecule has 3 nitrogen and oxygen atoms in total. The lowest BCUT2D eigenvalue weighted by Gasteiger charge is -2.24. The first-order valence-corrected chi connectivity index (χ1v) is 5.47. The van der Waals surface area contributed by atoms with E-state index >= 15 is 0 Å². The van der Waals surface area contributed by atoms with E-state index in [0.717, 1.165) is 5.56 Å². The number of nitrogens with zero attached hydrogens (tertiary/aromatic N) is 1. The molecule has 1 heterocycles. The zero-order valence-corrected chi connectivity index (χ0v) is 9.92. The van der Waals surface area contributed by atoms with E-state index in [1.54, 1.807) is 6.20 Å². The number of carbonyl (C=O) groups excluding carboxylic acids is 1. The molecule has 1 aromatic heterocycles. The number of pyridine rings is 1. The van der Waals surface area contributed by atoms with E-state index in [1.807, 2.05) is 18.3 Å². The van der Waals surface area contributed by atoms with Crippen molar-refractivity contribution in [3.8, 4) is 0 Å². The van der Waals surface area contributed by atoms with Crippen LogP contribution in [0.5, 0.6) is 0 Å². The molecule has 0 radical (unpaired) electrons. The molecule has 0 spiro atoms. The SMILES string of the molecule is CC(C)(CNC(=O)CS)c1cccnc1. The molecule has 1 rings (SSSR count). The minimum atomic E-state index is -0.104. The van der Waals surface area contributed by atoms with E-state index in [1.165, 1.54) is 0 Å². The Morgan fingerprint density at radius 3 is 2.87 bits per heavy atom. The lowest BCUT2D eigenvalue weighted by Crippen LogP contribution is -2.37. The van der Waals surface area contributed by atoms with Gasteiger partial charge in [0.15, 0.2) is 0 Å². The fourth-order valence-electron chi connectivity index (χ4n) is 1.24. The lowest BCUT2D eigenvalue weighted by molar-refractivity contribution is -0.118. The van der Waals surface area contributed by atoms with Crippen molar-refractivity contribution < 1.29 is 4.79 Å². The number of amides is 1. The van der Waals surface area contributed by atoms with Gasteiger partial charge >= 0.3 is 0 Å². The highest BCUT2D eigenvalue weighted by molar-refractivity contribution is 7.81. The third-order valence-electron chi connectivity index (χ3n) is 2.31. The summed E-state index contributed by atoms with van der Waals surface area (Å²) in [5, 5.41) is 2.83. The molecule has 1 aromatic rings. The normalized spacial score (nSPS) is 11.1. The van der Waals surface area contributed by atoms with Gasteiger partial charge in [-0.15, -0.1) is 0 Å². The molecule has 0 bridgehead atoms. The summed E-state index contributed by atoms with van der Waals surface area (Å²) in [6.45, 7) is 4.74. The van der Waals surface area contributed by atoms with Crippen LogP contribution in [-0.2, 0) is 10.2 Å². The molecule has 15 heavy (non-hydrogen) atoms. The standard InChI is InChI=1S/C11H16N2OS/c1-11(2,8-13-10(14)7-15)9-4-3-5-12-6-9/h3-6,15H,7-8H2,1-2H3,(H,13,14). The average Bonchev–Trinajstić information content (AvgIpc) is 2.27. The highest BCUT2D eigenvalue weighted by atomic mass is 32.1. The van der Waals surface area contributed by atoms with Crippen LogP contribution in [0.3, 0.4) is 0 Å². The molecule has 0 saturated carbocycles. The molecule has 4 heteroatoms. The molecule has 82 valence electrons. The average molecular weight is 224 g/mol. The van der Waals surface area contributed by atoms with Crippen LogP contribution in [0.2, 0.25) is 0 Å². The van der Waals surface area contributed by atoms with E-state index in [4.69, 9.17) is 0 Å². The molecule has 0 aromatic carbocycles. The number of thiol groups is 1. The zero-order valence-electron chi connectivity index (χ0n) is 9.03. The summed E-state index contributed by atoms with van der Waals surface area (Å²) < 4.78 is 0. The Balaban J connectivity index is 2.63. The summed E-state index contributed by atoms with van der Waals surface area (Å²) >= 11 is 3.91. The summed E-state index contributed by atoms with van der Waals surface area (Å²) in [4.78, 5) is 15.2. The second-order valence-electron chi connectivity index (χ2n) is 4.06. The fraction of sp³-hybridized carbons (Fsp3) is 0.455. The van der Waals surface area contributed by atoms with Crippen LogP contribution in [0.15, 0.2) is 24.5 Å². The van der Waals surface area contributed by atoms with Crippen molar-refractivity contribution in [3.63, 3.8) is 0 Å². The maximum Gasteiger partial charge on any atom is 0.229 e. The minimum Gasteiger partial charge on any atom is -0.355 e. The number of rotatable bonds is 4. The van der Waals surface area contributed by atoms with Crippen LogP contribution < -0.4 is 5.32 Å². The summed E-state index contributed by atoms with van der Waals surface area (Å²) in [5.74, 6) is 0.179. The molecule has 0 aliphatic carbocycles. The largest absolute Gasteiger partial charge is 0.355 e. The second-order valence-corrected chi connectivity index (χ2v) is 4.38. The van der Waals surface area contributed by atoms with Crippen molar-refractivity contribution in [1.82, 2.24) is 10.3 Å². The predicted molar refractivity (Wildman–Crippen MR) is 64.1 cm³/mol. The van der Waals surface area contributed by atoms with Crippen LogP contribution >= 0.6 is 12.6 Å². The van der Waals surface area contributed by atoms with E-state index < -0.39 is 0 Å². The highest BCUT2D eigenvalue weighted by Crippen LogP contribution is 2.20. The molecule has 0 aliphatic rings. The second kappa shape index (κ2) is 5.16. The monoisotopic (exact) mass is 224 g/mol. The van der Waals surface area contributed by atoms with E-state index in [0.29, 0.717) is 6.54 Å². The molecular weight excluding hydrogens is 208 g/mol. The number of aromatic nitrogens is 1. The molecule has 0 saturated heterocycles. The Bertz CT molecular complexity index is 325. The van der Waals surface area contributed by atoms with Crippen LogP contribution in [-0.4, -0.2) is 23.2 Å². The molecule has 0 aliphatic heterocycles. The first kappa shape index (κ1) is 12.0. The number of hydrogen-bond donors (Lipinski definition) is 2. The van der Waals surface area contributed by atoms with Crippen LogP contribution in [0.1, 0.15) is 19.4 Å². The first-order valence-electron chi connectivity index (χ1n) is 4.84. The van der Waals surface area contributed by atoms with Gasteiger partial charge in [-0.05, 0) is 11.6 Å². The van der Waals surface area contributed by atoms with Gasteiger partial charge in [-0.3, -0.25) is 9.78 Å². The third-order valence-corrected chi connectivity index (χ3v) is 2.60. The fourth-order valence-corrected chi connectivity index (χ4v) is 1.35. The number of hydrogen-bond acceptors (Lipinski definition) is 3. The van der Waals surface area contributed by atoms with Gasteiger partial charge in [-0.1, -0.05) is 19.9 Å². The maximum atomic E-state index is 11.1. The topological polar surface area (TPSA) is 42.0 Å². The molecule has 0 atom stereocenters. The van der Waals surface area contributed by atoms with Gasteiger partial charge in [0, 0.05) is 24.4 Å². The van der Waals surface area contributed by atoms with E-state index in [2.05, 4.69) is 36.8 Å². The van der Waals surface area contributed by atoms with Gasteiger partial charge in [-0.2, -0.15) is 12.6 Å². The Hall–Kier alpha value is -1.03. The van der Waals surface area contributed by atoms with Gasteiger partial charge in [0.1, 0.15) is 0 Å². The Morgan fingerprint density at radius 2 is 2.33 bits per heavy atom. The first-order chi connectivity index (χ1) is 7.06. The number of nitrogens with one attached hydrogen (secondary N) is 1. The van der Waals surface area contributed by atoms with Gasteiger partial charge in [0.2, 0.25) is 5.91 Å². The molecule has 0 fully saturated rings. The third kappa shape index (κ3) is 3.55. The van der Waals surface area contributed by atoms with Crippen molar-refractivity contribution in [1.29, 1.82) is 0 Å². The smallest absolute Gasteiger partial charge is 0.229 e. The lowest BCUT2D eigenvalue weighted by atomic mass is 9.86. The quantitative estimate of drug-likeness (QED) is 0.759. The Morgan fingerprint density at radius 1 is 1.60 bits per heavy atom. The summed E-state index contributed by atoms with van der Waals surface area (Å²) in [5.41, 5.74) is 1.01. The summed E-state index contributed by atoms with van der Waals surface area (Å²) in [6.07, 6.45) is 3.57. The number of carbonyl (C=O) groups is 1. The van der Waals surface area contributed by atoms with Gasteiger partial charge < -0.3 is 5.32 Å². The summed E-state index contributed by atoms with van der Waals surface area (Å²) in [6, 6.07) is 3.91. The maximum absolute atomic E-state index is 11.1. The van der Waals surface area contributed by atoms with Crippen LogP contribution in [0, 0.1) is 0 Å². The zero-order chi connectivity index (χ0) is 11.3. The molecular formula is C11H16N2OS. The highest BCUT2D eigenvalue weighted by Gasteiger charge is 2.20. The van der Waals surface area contributed by atoms with Crippen LogP contribution in [0.4, 0.5) is 0 Å². The van der Waals surface area contributed by atoms with Gasteiger partial charge in [0.05, 0.1) is 5.75 Å². The predicted octanol–water partition coefficient (Wildman–Crippen LogP) is 1.41. The van der Waals surface area contributed by atoms with Crippen molar-refractivity contribution in [2.75, 3.05) is 12.3 Å². The van der Waals surface area contributed by atoms with E-state index in [-0.39, 0.29) is 17.1 Å². The van der Waals surface area contributed by atoms with Gasteiger partial charge in [-0.25, -0.2) is 0 Å². The van der Waals surface area contributed by atoms with E-state index in [9.17, 15) is 4.79 Å². The molecule has 0 unspecified atom stereocenters. The van der Waals surface area contributed by atoms with Crippen molar-refractivity contribution >= 4 is 18.5 Å². The molecule has 1 amide bonds.